The van der Waals surface area contributed by atoms with Crippen molar-refractivity contribution in [3.8, 4) is 17.6 Å². The molecule has 14 heteroatoms. The Hall–Kier alpha value is -3.01. The number of nitriles is 1. The molecule has 10 nitrogen and oxygen atoms in total. The minimum atomic E-state index is -1.35. The minimum Gasteiger partial charge on any atom is -0.389 e. The summed E-state index contributed by atoms with van der Waals surface area (Å²) in [6.07, 6.45) is 2.64. The molecular weight excluding hydrogens is 519 g/mol. The fourth-order valence-electron chi connectivity index (χ4n) is 6.07. The number of aryl methyl sites for hydroxylation is 1. The fourth-order valence-corrected chi connectivity index (χ4v) is 7.26. The quantitative estimate of drug-likeness (QED) is 0.445. The highest BCUT2D eigenvalue weighted by Gasteiger charge is 2.43. The third-order valence-electron chi connectivity index (χ3n) is 8.31. The maximum Gasteiger partial charge on any atom is 0.237 e. The molecule has 6 radical (unpaired) electrons. The van der Waals surface area contributed by atoms with Crippen LogP contribution in [-0.2, 0) is 11.8 Å². The molecule has 3 aromatic rings. The van der Waals surface area contributed by atoms with E-state index >= 15 is 0 Å². The first-order valence-corrected chi connectivity index (χ1v) is 14.5. The number of anilines is 3. The van der Waals surface area contributed by atoms with Crippen LogP contribution in [0.25, 0.3) is 11.5 Å². The number of nitrogens with one attached hydrogen (secondary N) is 1. The van der Waals surface area contributed by atoms with E-state index < -0.39 is 10.7 Å². The summed E-state index contributed by atoms with van der Waals surface area (Å²) >= 11 is 1.49. The number of thiophene rings is 1. The van der Waals surface area contributed by atoms with Gasteiger partial charge in [-0.1, -0.05) is 10.4 Å². The number of nitrogen functional groups attached to an aromatic ring is 1. The molecule has 1 atom stereocenters. The van der Waals surface area contributed by atoms with Crippen molar-refractivity contribution < 1.29 is 4.52 Å². The summed E-state index contributed by atoms with van der Waals surface area (Å²) in [6, 6.07) is 6.46. The molecule has 2 saturated heterocycles. The summed E-state index contributed by atoms with van der Waals surface area (Å²) in [5, 5.41) is 16.9. The van der Waals surface area contributed by atoms with Gasteiger partial charge in [-0.2, -0.15) is 10.2 Å². The van der Waals surface area contributed by atoms with Crippen LogP contribution in [0.4, 0.5) is 16.5 Å². The van der Waals surface area contributed by atoms with Gasteiger partial charge in [-0.25, -0.2) is 4.98 Å². The van der Waals surface area contributed by atoms with Gasteiger partial charge in [0.1, 0.15) is 22.6 Å². The zero-order valence-corrected chi connectivity index (χ0v) is 23.5. The molecule has 200 valence electrons. The first-order valence-electron chi connectivity index (χ1n) is 13.7. The molecule has 3 aliphatic rings. The number of rotatable bonds is 5. The fraction of sp³-hybridized carbons (Fsp3) is 0.538. The third-order valence-corrected chi connectivity index (χ3v) is 9.39. The third kappa shape index (κ3) is 4.88. The standard InChI is InChI=1S/C26H30B3N9OS/c1-25(4-2-3-19-21(25)17(15-30)22(31)40-19)24-34-23(35-39-24)18-13-16(36-7-5-32-6-8-36)14-20(33-18)37-9-11-38(12-10-37)26(27,28)29/h13-14,32H,2-12,31H2,1H3. The molecule has 2 aliphatic heterocycles. The number of hydrogen-bond donors (Lipinski definition) is 2. The van der Waals surface area contributed by atoms with Crippen molar-refractivity contribution >= 4 is 51.4 Å². The van der Waals surface area contributed by atoms with Gasteiger partial charge in [-0.05, 0) is 32.3 Å². The Morgan fingerprint density at radius 3 is 2.55 bits per heavy atom. The summed E-state index contributed by atoms with van der Waals surface area (Å²) in [4.78, 5) is 17.4. The van der Waals surface area contributed by atoms with Crippen molar-refractivity contribution in [2.45, 2.75) is 36.8 Å². The van der Waals surface area contributed by atoms with Gasteiger partial charge in [-0.15, -0.1) is 11.3 Å². The summed E-state index contributed by atoms with van der Waals surface area (Å²) in [6.45, 7) is 8.27. The lowest BCUT2D eigenvalue weighted by atomic mass is 9.48. The predicted octanol–water partition coefficient (Wildman–Crippen LogP) is 0.938. The van der Waals surface area contributed by atoms with Crippen LogP contribution in [0, 0.1) is 11.3 Å². The van der Waals surface area contributed by atoms with Crippen LogP contribution in [0.1, 0.15) is 41.7 Å². The van der Waals surface area contributed by atoms with Gasteiger partial charge in [0.25, 0.3) is 0 Å². The van der Waals surface area contributed by atoms with Crippen molar-refractivity contribution in [2.24, 2.45) is 0 Å². The highest BCUT2D eigenvalue weighted by atomic mass is 32.1. The van der Waals surface area contributed by atoms with Crippen LogP contribution in [0.2, 0.25) is 0 Å². The van der Waals surface area contributed by atoms with Gasteiger partial charge < -0.3 is 30.3 Å². The molecule has 40 heavy (non-hydrogen) atoms. The van der Waals surface area contributed by atoms with E-state index in [1.54, 1.807) is 0 Å². The maximum absolute atomic E-state index is 9.86. The number of aromatic nitrogens is 3. The van der Waals surface area contributed by atoms with Crippen molar-refractivity contribution in [2.75, 3.05) is 67.9 Å². The summed E-state index contributed by atoms with van der Waals surface area (Å²) in [5.74, 6) is 1.73. The zero-order chi connectivity index (χ0) is 28.1. The SMILES string of the molecule is [B]C([B])([B])N1CCN(c2cc(N3CCNCC3)cc(-c3noc(C4(C)CCCc5sc(N)c(C#N)c54)n3)n2)CC1. The Labute approximate surface area is 242 Å². The summed E-state index contributed by atoms with van der Waals surface area (Å²) in [7, 11) is 17.8. The lowest BCUT2D eigenvalue weighted by Gasteiger charge is -2.44. The number of piperazine rings is 2. The van der Waals surface area contributed by atoms with Crippen molar-refractivity contribution in [1.82, 2.24) is 25.3 Å². The van der Waals surface area contributed by atoms with Crippen LogP contribution in [-0.4, -0.2) is 101 Å². The number of fused-ring (bicyclic) bond motifs is 1. The molecule has 0 saturated carbocycles. The minimum absolute atomic E-state index is 0.423. The van der Waals surface area contributed by atoms with Crippen LogP contribution in [0.3, 0.4) is 0 Å². The Kier molecular flexibility index (Phi) is 7.09. The van der Waals surface area contributed by atoms with E-state index in [1.165, 1.54) is 11.3 Å². The maximum atomic E-state index is 9.86. The van der Waals surface area contributed by atoms with Gasteiger partial charge in [-0.3, -0.25) is 0 Å². The van der Waals surface area contributed by atoms with Gasteiger partial charge in [0.15, 0.2) is 0 Å². The van der Waals surface area contributed by atoms with E-state index in [9.17, 15) is 5.26 Å². The van der Waals surface area contributed by atoms with Crippen LogP contribution in [0.5, 0.6) is 0 Å². The van der Waals surface area contributed by atoms with Gasteiger partial charge in [0.2, 0.25) is 11.7 Å². The normalized spacial score (nSPS) is 22.2. The molecular formula is C26H30B3N9OS. The molecule has 2 fully saturated rings. The number of nitrogens with zero attached hydrogens (tertiary/aromatic N) is 7. The van der Waals surface area contributed by atoms with Crippen molar-refractivity contribution in [1.29, 1.82) is 5.26 Å². The summed E-state index contributed by atoms with van der Waals surface area (Å²) < 4.78 is 5.92. The number of pyridine rings is 1. The highest BCUT2D eigenvalue weighted by Crippen LogP contribution is 2.48. The topological polar surface area (TPSA) is 123 Å². The second-order valence-corrected chi connectivity index (χ2v) is 12.2. The van der Waals surface area contributed by atoms with Crippen LogP contribution < -0.4 is 20.9 Å². The zero-order valence-electron chi connectivity index (χ0n) is 22.7. The van der Waals surface area contributed by atoms with Crippen LogP contribution >= 0.6 is 11.3 Å². The lowest BCUT2D eigenvalue weighted by molar-refractivity contribution is 0.256. The van der Waals surface area contributed by atoms with Crippen LogP contribution in [0.15, 0.2) is 16.7 Å². The van der Waals surface area contributed by atoms with E-state index in [-0.39, 0.29) is 0 Å². The summed E-state index contributed by atoms with van der Waals surface area (Å²) in [5.41, 5.74) is 8.78. The Bertz CT molecular complexity index is 1430. The lowest BCUT2D eigenvalue weighted by Crippen LogP contribution is -2.58. The monoisotopic (exact) mass is 549 g/mol. The largest absolute Gasteiger partial charge is 0.389 e. The molecule has 1 aliphatic carbocycles. The van der Waals surface area contributed by atoms with E-state index in [2.05, 4.69) is 39.3 Å². The van der Waals surface area contributed by atoms with E-state index in [0.717, 1.165) is 67.4 Å². The van der Waals surface area contributed by atoms with Gasteiger partial charge in [0, 0.05) is 74.6 Å². The average molecular weight is 549 g/mol. The van der Waals surface area contributed by atoms with E-state index in [0.29, 0.717) is 54.2 Å². The Balaban J connectivity index is 1.36. The molecule has 5 heterocycles. The second kappa shape index (κ2) is 10.4. The molecule has 0 amide bonds. The highest BCUT2D eigenvalue weighted by molar-refractivity contribution is 7.16. The van der Waals surface area contributed by atoms with E-state index in [4.69, 9.17) is 43.8 Å². The molecule has 0 aromatic carbocycles. The molecule has 0 bridgehead atoms. The smallest absolute Gasteiger partial charge is 0.237 e. The predicted molar refractivity (Wildman–Crippen MR) is 159 cm³/mol. The molecule has 6 rings (SSSR count). The molecule has 1 unspecified atom stereocenters. The Morgan fingerprint density at radius 2 is 1.85 bits per heavy atom. The van der Waals surface area contributed by atoms with Crippen molar-refractivity contribution in [3.05, 3.63) is 34.0 Å². The van der Waals surface area contributed by atoms with E-state index in [1.807, 2.05) is 11.0 Å². The van der Waals surface area contributed by atoms with Gasteiger partial charge in [0.05, 0.1) is 34.5 Å². The first kappa shape index (κ1) is 27.2. The molecule has 0 spiro atoms. The molecule has 3 N–H and O–H groups in total. The van der Waals surface area contributed by atoms with Crippen molar-refractivity contribution in [3.63, 3.8) is 0 Å². The van der Waals surface area contributed by atoms with Gasteiger partial charge >= 0.3 is 0 Å². The Morgan fingerprint density at radius 1 is 1.10 bits per heavy atom. The number of nitrogens with two attached hydrogens (primary N) is 1. The first-order chi connectivity index (χ1) is 19.2. The second-order valence-electron chi connectivity index (χ2n) is 11.0. The average Bonchev–Trinajstić information content (AvgIpc) is 3.59. The molecule has 3 aromatic heterocycles. The number of hydrogen-bond acceptors (Lipinski definition) is 11.